The highest BCUT2D eigenvalue weighted by atomic mass is 16.2. The maximum absolute atomic E-state index is 13.0. The van der Waals surface area contributed by atoms with Crippen LogP contribution in [0.1, 0.15) is 36.1 Å². The summed E-state index contributed by atoms with van der Waals surface area (Å²) in [5, 5.41) is 3.34. The zero-order valence-corrected chi connectivity index (χ0v) is 12.7. The number of nitrogens with one attached hydrogen (secondary N) is 1. The molecule has 1 fully saturated rings. The number of nitrogens with zero attached hydrogens (tertiary/aromatic N) is 3. The molecule has 112 valence electrons. The molecule has 2 aromatic rings. The molecule has 5 nitrogen and oxygen atoms in total. The fraction of sp³-hybridized carbons (Fsp3) is 0.500. The van der Waals surface area contributed by atoms with Gasteiger partial charge in [-0.05, 0) is 38.4 Å². The highest BCUT2D eigenvalue weighted by Crippen LogP contribution is 2.18. The minimum atomic E-state index is 0.0577. The number of aryl methyl sites for hydroxylation is 1. The van der Waals surface area contributed by atoms with Gasteiger partial charge in [0.25, 0.3) is 5.91 Å². The van der Waals surface area contributed by atoms with E-state index in [0.29, 0.717) is 11.7 Å². The number of carbonyl (C=O) groups excluding carboxylic acids is 1. The highest BCUT2D eigenvalue weighted by molar-refractivity contribution is 5.99. The van der Waals surface area contributed by atoms with Crippen LogP contribution in [0.15, 0.2) is 24.4 Å². The summed E-state index contributed by atoms with van der Waals surface area (Å²) in [5.74, 6) is 0.914. The summed E-state index contributed by atoms with van der Waals surface area (Å²) in [6.07, 6.45) is 3.94. The summed E-state index contributed by atoms with van der Waals surface area (Å²) in [6.45, 7) is 6.71. The molecule has 0 aromatic carbocycles. The number of imidazole rings is 1. The number of carbonyl (C=O) groups is 1. The number of pyridine rings is 1. The molecule has 1 amide bonds. The van der Waals surface area contributed by atoms with Gasteiger partial charge in [-0.1, -0.05) is 13.0 Å². The third kappa shape index (κ3) is 2.53. The molecule has 0 radical (unpaired) electrons. The summed E-state index contributed by atoms with van der Waals surface area (Å²) in [4.78, 5) is 19.5. The van der Waals surface area contributed by atoms with E-state index in [9.17, 15) is 4.79 Å². The molecule has 5 heteroatoms. The number of aromatic nitrogens is 2. The van der Waals surface area contributed by atoms with Crippen molar-refractivity contribution in [3.63, 3.8) is 0 Å². The molecule has 0 bridgehead atoms. The number of amides is 1. The zero-order valence-electron chi connectivity index (χ0n) is 12.7. The lowest BCUT2D eigenvalue weighted by atomic mass is 10.2. The molecule has 1 unspecified atom stereocenters. The third-order valence-electron chi connectivity index (χ3n) is 4.13. The van der Waals surface area contributed by atoms with Crippen molar-refractivity contribution in [3.05, 3.63) is 35.9 Å². The Morgan fingerprint density at radius 3 is 3.10 bits per heavy atom. The Hall–Kier alpha value is -1.88. The molecule has 21 heavy (non-hydrogen) atoms. The van der Waals surface area contributed by atoms with Gasteiger partial charge in [-0.3, -0.25) is 4.79 Å². The van der Waals surface area contributed by atoms with Gasteiger partial charge in [-0.2, -0.15) is 0 Å². The van der Waals surface area contributed by atoms with E-state index < -0.39 is 0 Å². The lowest BCUT2D eigenvalue weighted by molar-refractivity contribution is 0.0688. The van der Waals surface area contributed by atoms with Crippen molar-refractivity contribution in [2.24, 2.45) is 0 Å². The fourth-order valence-corrected chi connectivity index (χ4v) is 3.08. The van der Waals surface area contributed by atoms with Crippen LogP contribution in [0.3, 0.4) is 0 Å². The zero-order chi connectivity index (χ0) is 14.8. The predicted molar refractivity (Wildman–Crippen MR) is 82.5 cm³/mol. The standard InChI is InChI=1S/C16H22N4O/c1-3-9-20(13-7-8-17-11-13)16(21)15-14-6-4-5-10-19(14)12(2)18-15/h4-6,10,13,17H,3,7-9,11H2,1-2H3. The van der Waals surface area contributed by atoms with E-state index in [1.165, 1.54) is 0 Å². The molecule has 3 rings (SSSR count). The van der Waals surface area contributed by atoms with Crippen LogP contribution in [0, 0.1) is 6.92 Å². The van der Waals surface area contributed by atoms with Crippen molar-refractivity contribution in [1.29, 1.82) is 0 Å². The van der Waals surface area contributed by atoms with E-state index in [2.05, 4.69) is 17.2 Å². The van der Waals surface area contributed by atoms with Gasteiger partial charge < -0.3 is 14.6 Å². The van der Waals surface area contributed by atoms with Crippen LogP contribution in [0.5, 0.6) is 0 Å². The average molecular weight is 286 g/mol. The predicted octanol–water partition coefficient (Wildman–Crippen LogP) is 1.86. The Morgan fingerprint density at radius 2 is 2.38 bits per heavy atom. The number of hydrogen-bond donors (Lipinski definition) is 1. The van der Waals surface area contributed by atoms with E-state index in [0.717, 1.165) is 43.8 Å². The van der Waals surface area contributed by atoms with Crippen LogP contribution in [0.2, 0.25) is 0 Å². The van der Waals surface area contributed by atoms with E-state index >= 15 is 0 Å². The first kappa shape index (κ1) is 14.1. The van der Waals surface area contributed by atoms with E-state index in [4.69, 9.17) is 0 Å². The molecule has 0 spiro atoms. The van der Waals surface area contributed by atoms with Crippen LogP contribution in [-0.4, -0.2) is 45.9 Å². The van der Waals surface area contributed by atoms with Gasteiger partial charge in [-0.25, -0.2) is 4.98 Å². The van der Waals surface area contributed by atoms with Gasteiger partial charge in [0.05, 0.1) is 5.52 Å². The summed E-state index contributed by atoms with van der Waals surface area (Å²) in [5.41, 5.74) is 1.47. The molecule has 2 aromatic heterocycles. The van der Waals surface area contributed by atoms with Crippen molar-refractivity contribution >= 4 is 11.4 Å². The minimum absolute atomic E-state index is 0.0577. The maximum Gasteiger partial charge on any atom is 0.275 e. The second kappa shape index (κ2) is 5.85. The Balaban J connectivity index is 1.97. The summed E-state index contributed by atoms with van der Waals surface area (Å²) >= 11 is 0. The van der Waals surface area contributed by atoms with Gasteiger partial charge in [0, 0.05) is 25.3 Å². The molecule has 1 aliphatic heterocycles. The van der Waals surface area contributed by atoms with Crippen molar-refractivity contribution in [2.75, 3.05) is 19.6 Å². The number of fused-ring (bicyclic) bond motifs is 1. The first-order valence-electron chi connectivity index (χ1n) is 7.67. The summed E-state index contributed by atoms with van der Waals surface area (Å²) in [7, 11) is 0. The van der Waals surface area contributed by atoms with Gasteiger partial charge in [0.15, 0.2) is 5.69 Å². The molecule has 1 aliphatic rings. The van der Waals surface area contributed by atoms with Crippen LogP contribution in [0.4, 0.5) is 0 Å². The average Bonchev–Trinajstić information content (AvgIpc) is 3.13. The monoisotopic (exact) mass is 286 g/mol. The molecule has 3 heterocycles. The molecule has 0 saturated carbocycles. The molecule has 0 aliphatic carbocycles. The van der Waals surface area contributed by atoms with Crippen molar-refractivity contribution in [1.82, 2.24) is 19.6 Å². The summed E-state index contributed by atoms with van der Waals surface area (Å²) < 4.78 is 1.98. The molecule has 1 atom stereocenters. The SMILES string of the molecule is CCCN(C(=O)c1nc(C)n2ccccc12)C1CCNC1. The van der Waals surface area contributed by atoms with Crippen LogP contribution in [0.25, 0.3) is 5.52 Å². The fourth-order valence-electron chi connectivity index (χ4n) is 3.08. The Kier molecular flexibility index (Phi) is 3.92. The van der Waals surface area contributed by atoms with E-state index in [-0.39, 0.29) is 5.91 Å². The Morgan fingerprint density at radius 1 is 1.52 bits per heavy atom. The lowest BCUT2D eigenvalue weighted by Crippen LogP contribution is -2.42. The Bertz CT molecular complexity index is 643. The molecular formula is C16H22N4O. The van der Waals surface area contributed by atoms with Gasteiger partial charge in [-0.15, -0.1) is 0 Å². The van der Waals surface area contributed by atoms with Crippen molar-refractivity contribution < 1.29 is 4.79 Å². The molecule has 1 saturated heterocycles. The second-order valence-electron chi connectivity index (χ2n) is 5.61. The van der Waals surface area contributed by atoms with E-state index in [1.54, 1.807) is 0 Å². The van der Waals surface area contributed by atoms with Crippen LogP contribution < -0.4 is 5.32 Å². The number of rotatable bonds is 4. The maximum atomic E-state index is 13.0. The largest absolute Gasteiger partial charge is 0.333 e. The van der Waals surface area contributed by atoms with Crippen LogP contribution in [-0.2, 0) is 0 Å². The van der Waals surface area contributed by atoms with E-state index in [1.807, 2.05) is 40.6 Å². The van der Waals surface area contributed by atoms with Crippen molar-refractivity contribution in [2.45, 2.75) is 32.7 Å². The summed E-state index contributed by atoms with van der Waals surface area (Å²) in [6, 6.07) is 6.16. The lowest BCUT2D eigenvalue weighted by Gasteiger charge is -2.27. The van der Waals surface area contributed by atoms with Gasteiger partial charge in [0.2, 0.25) is 0 Å². The van der Waals surface area contributed by atoms with Gasteiger partial charge in [0.1, 0.15) is 5.82 Å². The highest BCUT2D eigenvalue weighted by Gasteiger charge is 2.29. The molecule has 1 N–H and O–H groups in total. The third-order valence-corrected chi connectivity index (χ3v) is 4.13. The van der Waals surface area contributed by atoms with Crippen molar-refractivity contribution in [3.8, 4) is 0 Å². The number of hydrogen-bond acceptors (Lipinski definition) is 3. The topological polar surface area (TPSA) is 49.6 Å². The second-order valence-corrected chi connectivity index (χ2v) is 5.61. The smallest absolute Gasteiger partial charge is 0.275 e. The quantitative estimate of drug-likeness (QED) is 0.933. The first-order valence-corrected chi connectivity index (χ1v) is 7.67. The molecular weight excluding hydrogens is 264 g/mol. The Labute approximate surface area is 125 Å². The van der Waals surface area contributed by atoms with Gasteiger partial charge >= 0.3 is 0 Å². The normalized spacial score (nSPS) is 18.3. The van der Waals surface area contributed by atoms with Crippen LogP contribution >= 0.6 is 0 Å². The first-order chi connectivity index (χ1) is 10.2. The minimum Gasteiger partial charge on any atom is -0.333 e.